The molecule has 0 radical (unpaired) electrons. The van der Waals surface area contributed by atoms with E-state index in [1.807, 2.05) is 30.3 Å². The van der Waals surface area contributed by atoms with Crippen LogP contribution in [0.15, 0.2) is 54.7 Å². The van der Waals surface area contributed by atoms with E-state index >= 15 is 0 Å². The molecule has 138 valence electrons. The molecule has 0 aliphatic heterocycles. The number of amides is 2. The third kappa shape index (κ3) is 4.66. The van der Waals surface area contributed by atoms with Gasteiger partial charge in [0.15, 0.2) is 5.13 Å². The first-order valence-electron chi connectivity index (χ1n) is 8.02. The van der Waals surface area contributed by atoms with E-state index < -0.39 is 11.9 Å². The number of carbonyl (C=O) groups excluding carboxylic acids is 2. The molecular weight excluding hydrogens is 405 g/mol. The highest BCUT2D eigenvalue weighted by Gasteiger charge is 2.20. The summed E-state index contributed by atoms with van der Waals surface area (Å²) >= 11 is 13.3. The van der Waals surface area contributed by atoms with Crippen molar-refractivity contribution in [2.24, 2.45) is 0 Å². The Kier molecular flexibility index (Phi) is 6.11. The molecule has 0 aliphatic carbocycles. The average molecular weight is 420 g/mol. The third-order valence-electron chi connectivity index (χ3n) is 3.73. The number of rotatable bonds is 5. The number of benzene rings is 2. The summed E-state index contributed by atoms with van der Waals surface area (Å²) in [5.74, 6) is -0.857. The SMILES string of the molecule is CC(NC(=O)c1cccc(Cl)c1Cl)C(=O)Nc1ncc(-c2ccccc2)s1. The van der Waals surface area contributed by atoms with E-state index in [1.165, 1.54) is 11.3 Å². The molecule has 8 heteroatoms. The molecule has 2 aromatic carbocycles. The molecule has 0 fully saturated rings. The Balaban J connectivity index is 1.63. The van der Waals surface area contributed by atoms with Crippen molar-refractivity contribution >= 4 is 51.5 Å². The number of anilines is 1. The first-order chi connectivity index (χ1) is 13.0. The second-order valence-corrected chi connectivity index (χ2v) is 7.50. The van der Waals surface area contributed by atoms with Gasteiger partial charge < -0.3 is 10.6 Å². The van der Waals surface area contributed by atoms with E-state index in [0.717, 1.165) is 10.4 Å². The highest BCUT2D eigenvalue weighted by Crippen LogP contribution is 2.29. The van der Waals surface area contributed by atoms with Crippen LogP contribution in [0.1, 0.15) is 17.3 Å². The maximum atomic E-state index is 12.4. The lowest BCUT2D eigenvalue weighted by Crippen LogP contribution is -2.41. The smallest absolute Gasteiger partial charge is 0.253 e. The van der Waals surface area contributed by atoms with Gasteiger partial charge in [0.25, 0.3) is 5.91 Å². The molecule has 0 spiro atoms. The molecule has 3 aromatic rings. The highest BCUT2D eigenvalue weighted by atomic mass is 35.5. The molecule has 5 nitrogen and oxygen atoms in total. The van der Waals surface area contributed by atoms with E-state index in [1.54, 1.807) is 31.3 Å². The molecule has 2 N–H and O–H groups in total. The summed E-state index contributed by atoms with van der Waals surface area (Å²) in [5.41, 5.74) is 1.23. The van der Waals surface area contributed by atoms with E-state index in [2.05, 4.69) is 15.6 Å². The minimum Gasteiger partial charge on any atom is -0.340 e. The van der Waals surface area contributed by atoms with Gasteiger partial charge in [-0.25, -0.2) is 4.98 Å². The number of halogens is 2. The van der Waals surface area contributed by atoms with Crippen LogP contribution in [0, 0.1) is 0 Å². The van der Waals surface area contributed by atoms with Gasteiger partial charge in [-0.3, -0.25) is 9.59 Å². The normalized spacial score (nSPS) is 11.7. The molecule has 0 saturated carbocycles. The zero-order valence-corrected chi connectivity index (χ0v) is 16.5. The van der Waals surface area contributed by atoms with Crippen molar-refractivity contribution in [2.75, 3.05) is 5.32 Å². The molecule has 0 saturated heterocycles. The Labute approximate surface area is 170 Å². The second kappa shape index (κ2) is 8.52. The molecule has 1 unspecified atom stereocenters. The minimum absolute atomic E-state index is 0.150. The fraction of sp³-hybridized carbons (Fsp3) is 0.105. The highest BCUT2D eigenvalue weighted by molar-refractivity contribution is 7.19. The van der Waals surface area contributed by atoms with Crippen molar-refractivity contribution < 1.29 is 9.59 Å². The van der Waals surface area contributed by atoms with Gasteiger partial charge in [0, 0.05) is 6.20 Å². The first kappa shape index (κ1) is 19.4. The van der Waals surface area contributed by atoms with Crippen LogP contribution in [0.3, 0.4) is 0 Å². The van der Waals surface area contributed by atoms with Crippen LogP contribution in [-0.4, -0.2) is 22.8 Å². The zero-order chi connectivity index (χ0) is 19.4. The number of aromatic nitrogens is 1. The van der Waals surface area contributed by atoms with E-state index in [-0.39, 0.29) is 21.5 Å². The third-order valence-corrected chi connectivity index (χ3v) is 5.51. The van der Waals surface area contributed by atoms with Crippen molar-refractivity contribution in [1.29, 1.82) is 0 Å². The molecule has 2 amide bonds. The van der Waals surface area contributed by atoms with Gasteiger partial charge in [-0.15, -0.1) is 0 Å². The molecule has 0 bridgehead atoms. The summed E-state index contributed by atoms with van der Waals surface area (Å²) < 4.78 is 0. The van der Waals surface area contributed by atoms with Crippen LogP contribution in [-0.2, 0) is 4.79 Å². The number of hydrogen-bond donors (Lipinski definition) is 2. The summed E-state index contributed by atoms with van der Waals surface area (Å²) in [4.78, 5) is 29.8. The zero-order valence-electron chi connectivity index (χ0n) is 14.2. The van der Waals surface area contributed by atoms with Crippen molar-refractivity contribution in [3.63, 3.8) is 0 Å². The summed E-state index contributed by atoms with van der Waals surface area (Å²) in [6.07, 6.45) is 1.70. The molecule has 0 aliphatic rings. The molecule has 1 atom stereocenters. The lowest BCUT2D eigenvalue weighted by molar-refractivity contribution is -0.117. The van der Waals surface area contributed by atoms with Gasteiger partial charge in [0.2, 0.25) is 5.91 Å². The number of thiazole rings is 1. The van der Waals surface area contributed by atoms with Crippen LogP contribution in [0.25, 0.3) is 10.4 Å². The fourth-order valence-corrected chi connectivity index (χ4v) is 3.51. The van der Waals surface area contributed by atoms with Gasteiger partial charge in [0.1, 0.15) is 6.04 Å². The van der Waals surface area contributed by atoms with E-state index in [4.69, 9.17) is 23.2 Å². The number of hydrogen-bond acceptors (Lipinski definition) is 4. The summed E-state index contributed by atoms with van der Waals surface area (Å²) in [6.45, 7) is 1.58. The lowest BCUT2D eigenvalue weighted by atomic mass is 10.2. The maximum absolute atomic E-state index is 12.4. The summed E-state index contributed by atoms with van der Waals surface area (Å²) in [7, 11) is 0. The molecule has 27 heavy (non-hydrogen) atoms. The number of nitrogens with zero attached hydrogens (tertiary/aromatic N) is 1. The van der Waals surface area contributed by atoms with E-state index in [0.29, 0.717) is 5.13 Å². The first-order valence-corrected chi connectivity index (χ1v) is 9.60. The Morgan fingerprint density at radius 2 is 1.81 bits per heavy atom. The van der Waals surface area contributed by atoms with Crippen LogP contribution < -0.4 is 10.6 Å². The fourth-order valence-electron chi connectivity index (χ4n) is 2.30. The Bertz CT molecular complexity index is 976. The number of carbonyl (C=O) groups is 2. The number of nitrogens with one attached hydrogen (secondary N) is 2. The largest absolute Gasteiger partial charge is 0.340 e. The lowest BCUT2D eigenvalue weighted by Gasteiger charge is -2.14. The van der Waals surface area contributed by atoms with Crippen molar-refractivity contribution in [1.82, 2.24) is 10.3 Å². The second-order valence-electron chi connectivity index (χ2n) is 5.68. The Morgan fingerprint density at radius 3 is 2.56 bits per heavy atom. The van der Waals surface area contributed by atoms with Gasteiger partial charge >= 0.3 is 0 Å². The molecular formula is C19H15Cl2N3O2S. The monoisotopic (exact) mass is 419 g/mol. The summed E-state index contributed by atoms with van der Waals surface area (Å²) in [5, 5.41) is 6.20. The Hall–Kier alpha value is -2.41. The predicted octanol–water partition coefficient (Wildman–Crippen LogP) is 4.87. The minimum atomic E-state index is -0.781. The molecule has 1 heterocycles. The van der Waals surface area contributed by atoms with E-state index in [9.17, 15) is 9.59 Å². The van der Waals surface area contributed by atoms with Crippen LogP contribution in [0.5, 0.6) is 0 Å². The molecule has 3 rings (SSSR count). The standard InChI is InChI=1S/C19H15Cl2N3O2S/c1-11(23-18(26)13-8-5-9-14(20)16(13)21)17(25)24-19-22-10-15(27-19)12-6-3-2-4-7-12/h2-11H,1H3,(H,23,26)(H,22,24,25). The van der Waals surface area contributed by atoms with Gasteiger partial charge in [0.05, 0.1) is 20.5 Å². The Morgan fingerprint density at radius 1 is 1.07 bits per heavy atom. The van der Waals surface area contributed by atoms with Gasteiger partial charge in [-0.2, -0.15) is 0 Å². The van der Waals surface area contributed by atoms with Crippen molar-refractivity contribution in [3.8, 4) is 10.4 Å². The van der Waals surface area contributed by atoms with Gasteiger partial charge in [-0.1, -0.05) is 70.9 Å². The molecule has 1 aromatic heterocycles. The summed E-state index contributed by atoms with van der Waals surface area (Å²) in [6, 6.07) is 13.7. The predicted molar refractivity (Wildman–Crippen MR) is 110 cm³/mol. The maximum Gasteiger partial charge on any atom is 0.253 e. The van der Waals surface area contributed by atoms with Crippen molar-refractivity contribution in [2.45, 2.75) is 13.0 Å². The topological polar surface area (TPSA) is 71.1 Å². The van der Waals surface area contributed by atoms with Crippen LogP contribution in [0.4, 0.5) is 5.13 Å². The average Bonchev–Trinajstić information content (AvgIpc) is 3.13. The quantitative estimate of drug-likeness (QED) is 0.619. The van der Waals surface area contributed by atoms with Crippen LogP contribution >= 0.6 is 34.5 Å². The van der Waals surface area contributed by atoms with Crippen LogP contribution in [0.2, 0.25) is 10.0 Å². The van der Waals surface area contributed by atoms with Crippen molar-refractivity contribution in [3.05, 3.63) is 70.3 Å². The van der Waals surface area contributed by atoms with Gasteiger partial charge in [-0.05, 0) is 24.6 Å².